The first-order chi connectivity index (χ1) is 6.70. The zero-order valence-electron chi connectivity index (χ0n) is 8.45. The average molecular weight is 192 g/mol. The van der Waals surface area contributed by atoms with E-state index in [4.69, 9.17) is 0 Å². The van der Waals surface area contributed by atoms with Crippen molar-refractivity contribution in [1.29, 1.82) is 0 Å². The maximum absolute atomic E-state index is 10.2. The summed E-state index contributed by atoms with van der Waals surface area (Å²) in [6.45, 7) is 3.66. The third-order valence-corrected chi connectivity index (χ3v) is 2.88. The molecule has 2 rings (SSSR count). The van der Waals surface area contributed by atoms with Crippen LogP contribution in [0.15, 0.2) is 18.5 Å². The Morgan fingerprint density at radius 2 is 2.50 bits per heavy atom. The molecule has 1 aromatic heterocycles. The molecule has 1 unspecified atom stereocenters. The number of β-amino-alcohol motifs (C(OH)–C–C–N with tert-alkyl or cyclic N) is 1. The van der Waals surface area contributed by atoms with Gasteiger partial charge in [0.2, 0.25) is 0 Å². The topological polar surface area (TPSA) is 45.2 Å². The van der Waals surface area contributed by atoms with Gasteiger partial charge in [0.05, 0.1) is 5.60 Å². The number of nitrogens with zero attached hydrogens (tertiary/aromatic N) is 1. The highest BCUT2D eigenvalue weighted by Crippen LogP contribution is 2.21. The first kappa shape index (κ1) is 9.62. The van der Waals surface area contributed by atoms with Gasteiger partial charge in [0.15, 0.2) is 0 Å². The van der Waals surface area contributed by atoms with Crippen LogP contribution >= 0.6 is 0 Å². The largest absolute Gasteiger partial charge is 0.388 e. The van der Waals surface area contributed by atoms with Crippen molar-refractivity contribution < 1.29 is 5.11 Å². The number of aromatic nitrogens is 1. The molecule has 2 N–H and O–H groups in total. The summed E-state index contributed by atoms with van der Waals surface area (Å²) >= 11 is 0. The second-order valence-electron chi connectivity index (χ2n) is 4.13. The van der Waals surface area contributed by atoms with Gasteiger partial charge in [-0.2, -0.15) is 0 Å². The van der Waals surface area contributed by atoms with Crippen LogP contribution in [-0.2, 0) is 6.42 Å². The standard InChI is InChI=1S/C11H16N2O/c1-9-7-12-4-2-10(9)6-11(14)3-5-13-8-11/h2,4,7,13-14H,3,5-6,8H2,1H3. The van der Waals surface area contributed by atoms with Crippen LogP contribution in [0.1, 0.15) is 17.5 Å². The highest BCUT2D eigenvalue weighted by molar-refractivity contribution is 5.24. The highest BCUT2D eigenvalue weighted by atomic mass is 16.3. The first-order valence-corrected chi connectivity index (χ1v) is 5.02. The molecule has 1 atom stereocenters. The van der Waals surface area contributed by atoms with Crippen molar-refractivity contribution in [1.82, 2.24) is 10.3 Å². The van der Waals surface area contributed by atoms with Crippen LogP contribution in [-0.4, -0.2) is 28.8 Å². The Morgan fingerprint density at radius 1 is 1.64 bits per heavy atom. The molecule has 1 aromatic rings. The van der Waals surface area contributed by atoms with E-state index in [-0.39, 0.29) is 0 Å². The fourth-order valence-corrected chi connectivity index (χ4v) is 1.94. The van der Waals surface area contributed by atoms with Gasteiger partial charge < -0.3 is 10.4 Å². The molecule has 3 heteroatoms. The van der Waals surface area contributed by atoms with Crippen molar-refractivity contribution in [3.63, 3.8) is 0 Å². The van der Waals surface area contributed by atoms with Gasteiger partial charge in [0, 0.05) is 25.4 Å². The third-order valence-electron chi connectivity index (χ3n) is 2.88. The van der Waals surface area contributed by atoms with E-state index >= 15 is 0 Å². The maximum atomic E-state index is 10.2. The molecule has 14 heavy (non-hydrogen) atoms. The van der Waals surface area contributed by atoms with Crippen LogP contribution in [0.2, 0.25) is 0 Å². The number of rotatable bonds is 2. The number of hydrogen-bond donors (Lipinski definition) is 2. The Bertz CT molecular complexity index is 319. The molecule has 0 aromatic carbocycles. The quantitative estimate of drug-likeness (QED) is 0.723. The van der Waals surface area contributed by atoms with E-state index in [0.717, 1.165) is 24.9 Å². The minimum Gasteiger partial charge on any atom is -0.388 e. The van der Waals surface area contributed by atoms with Crippen LogP contribution < -0.4 is 5.32 Å². The second kappa shape index (κ2) is 3.67. The van der Waals surface area contributed by atoms with Gasteiger partial charge in [-0.1, -0.05) is 0 Å². The molecule has 0 saturated carbocycles. The summed E-state index contributed by atoms with van der Waals surface area (Å²) in [5.74, 6) is 0. The number of hydrogen-bond acceptors (Lipinski definition) is 3. The van der Waals surface area contributed by atoms with Crippen molar-refractivity contribution in [2.45, 2.75) is 25.4 Å². The molecule has 0 radical (unpaired) electrons. The van der Waals surface area contributed by atoms with E-state index in [1.165, 1.54) is 5.56 Å². The summed E-state index contributed by atoms with van der Waals surface area (Å²) in [6.07, 6.45) is 5.21. The molecule has 1 aliphatic heterocycles. The number of pyridine rings is 1. The van der Waals surface area contributed by atoms with Gasteiger partial charge in [0.1, 0.15) is 0 Å². The summed E-state index contributed by atoms with van der Waals surface area (Å²) in [4.78, 5) is 4.04. The molecule has 3 nitrogen and oxygen atoms in total. The van der Waals surface area contributed by atoms with Crippen molar-refractivity contribution in [2.75, 3.05) is 13.1 Å². The highest BCUT2D eigenvalue weighted by Gasteiger charge is 2.31. The van der Waals surface area contributed by atoms with Gasteiger partial charge in [0.25, 0.3) is 0 Å². The minimum absolute atomic E-state index is 0.549. The first-order valence-electron chi connectivity index (χ1n) is 5.02. The summed E-state index contributed by atoms with van der Waals surface area (Å²) < 4.78 is 0. The predicted octanol–water partition coefficient (Wildman–Crippen LogP) is 0.657. The molecule has 0 spiro atoms. The fourth-order valence-electron chi connectivity index (χ4n) is 1.94. The van der Waals surface area contributed by atoms with Crippen LogP contribution in [0.25, 0.3) is 0 Å². The minimum atomic E-state index is -0.549. The number of aliphatic hydroxyl groups is 1. The lowest BCUT2D eigenvalue weighted by atomic mass is 9.92. The molecule has 0 aliphatic carbocycles. The van der Waals surface area contributed by atoms with E-state index in [2.05, 4.69) is 10.3 Å². The molecule has 0 amide bonds. The normalized spacial score (nSPS) is 26.7. The SMILES string of the molecule is Cc1cnccc1CC1(O)CCNC1. The summed E-state index contributed by atoms with van der Waals surface area (Å²) in [5.41, 5.74) is 1.81. The molecule has 1 saturated heterocycles. The Morgan fingerprint density at radius 3 is 3.14 bits per heavy atom. The van der Waals surface area contributed by atoms with Gasteiger partial charge in [-0.05, 0) is 37.1 Å². The smallest absolute Gasteiger partial charge is 0.0823 e. The Kier molecular flexibility index (Phi) is 2.52. The maximum Gasteiger partial charge on any atom is 0.0823 e. The molecular weight excluding hydrogens is 176 g/mol. The molecule has 1 aliphatic rings. The van der Waals surface area contributed by atoms with Crippen LogP contribution in [0.5, 0.6) is 0 Å². The van der Waals surface area contributed by atoms with Gasteiger partial charge >= 0.3 is 0 Å². The van der Waals surface area contributed by atoms with E-state index < -0.39 is 5.60 Å². The molecule has 76 valence electrons. The zero-order chi connectivity index (χ0) is 10.0. The van der Waals surface area contributed by atoms with Gasteiger partial charge in [-0.3, -0.25) is 4.98 Å². The lowest BCUT2D eigenvalue weighted by molar-refractivity contribution is 0.0617. The van der Waals surface area contributed by atoms with E-state index in [1.807, 2.05) is 19.2 Å². The Balaban J connectivity index is 2.14. The fraction of sp³-hybridized carbons (Fsp3) is 0.545. The molecule has 1 fully saturated rings. The van der Waals surface area contributed by atoms with E-state index in [1.54, 1.807) is 6.20 Å². The van der Waals surface area contributed by atoms with Crippen LogP contribution in [0, 0.1) is 6.92 Å². The van der Waals surface area contributed by atoms with Crippen LogP contribution in [0.3, 0.4) is 0 Å². The van der Waals surface area contributed by atoms with Gasteiger partial charge in [-0.25, -0.2) is 0 Å². The van der Waals surface area contributed by atoms with Crippen molar-refractivity contribution >= 4 is 0 Å². The molecular formula is C11H16N2O. The van der Waals surface area contributed by atoms with Crippen molar-refractivity contribution in [3.8, 4) is 0 Å². The average Bonchev–Trinajstić information content (AvgIpc) is 2.57. The molecule has 0 bridgehead atoms. The van der Waals surface area contributed by atoms with Crippen molar-refractivity contribution in [3.05, 3.63) is 29.6 Å². The van der Waals surface area contributed by atoms with Crippen molar-refractivity contribution in [2.24, 2.45) is 0 Å². The summed E-state index contributed by atoms with van der Waals surface area (Å²) in [6, 6.07) is 1.99. The summed E-state index contributed by atoms with van der Waals surface area (Å²) in [7, 11) is 0. The molecule has 2 heterocycles. The Labute approximate surface area is 84.2 Å². The Hall–Kier alpha value is -0.930. The zero-order valence-corrected chi connectivity index (χ0v) is 8.45. The third kappa shape index (κ3) is 1.94. The van der Waals surface area contributed by atoms with Crippen LogP contribution in [0.4, 0.5) is 0 Å². The monoisotopic (exact) mass is 192 g/mol. The lowest BCUT2D eigenvalue weighted by Gasteiger charge is -2.21. The van der Waals surface area contributed by atoms with E-state index in [9.17, 15) is 5.11 Å². The number of nitrogens with one attached hydrogen (secondary N) is 1. The predicted molar refractivity (Wildman–Crippen MR) is 55.1 cm³/mol. The second-order valence-corrected chi connectivity index (χ2v) is 4.13. The lowest BCUT2D eigenvalue weighted by Crippen LogP contribution is -2.34. The van der Waals surface area contributed by atoms with Gasteiger partial charge in [-0.15, -0.1) is 0 Å². The summed E-state index contributed by atoms with van der Waals surface area (Å²) in [5, 5.41) is 13.4. The van der Waals surface area contributed by atoms with E-state index in [0.29, 0.717) is 6.54 Å². The number of aryl methyl sites for hydroxylation is 1.